The molecule has 196 valence electrons. The van der Waals surface area contributed by atoms with Gasteiger partial charge in [0, 0.05) is 41.0 Å². The van der Waals surface area contributed by atoms with Crippen molar-refractivity contribution in [3.8, 4) is 23.0 Å². The summed E-state index contributed by atoms with van der Waals surface area (Å²) in [5, 5.41) is 25.6. The molecule has 9 nitrogen and oxygen atoms in total. The van der Waals surface area contributed by atoms with Crippen LogP contribution in [0.5, 0.6) is 23.0 Å². The van der Waals surface area contributed by atoms with Crippen LogP contribution < -0.4 is 14.8 Å². The number of phenolic OH excluding ortho intramolecular Hbond substituents is 2. The Morgan fingerprint density at radius 3 is 2.61 bits per heavy atom. The lowest BCUT2D eigenvalue weighted by molar-refractivity contribution is -0.123. The number of rotatable bonds is 6. The monoisotopic (exact) mass is 516 g/mol. The molecule has 4 N–H and O–H groups in total. The average molecular weight is 517 g/mol. The van der Waals surface area contributed by atoms with Gasteiger partial charge in [-0.3, -0.25) is 14.4 Å². The highest BCUT2D eigenvalue weighted by atomic mass is 16.5. The minimum absolute atomic E-state index is 0.00888. The van der Waals surface area contributed by atoms with E-state index in [2.05, 4.69) is 10.3 Å². The first-order valence-electron chi connectivity index (χ1n) is 12.2. The van der Waals surface area contributed by atoms with Crippen molar-refractivity contribution in [2.24, 2.45) is 0 Å². The van der Waals surface area contributed by atoms with Gasteiger partial charge in [-0.1, -0.05) is 0 Å². The van der Waals surface area contributed by atoms with Crippen LogP contribution in [0, 0.1) is 6.92 Å². The van der Waals surface area contributed by atoms with E-state index in [0.29, 0.717) is 18.7 Å². The van der Waals surface area contributed by atoms with Gasteiger partial charge in [0.25, 0.3) is 0 Å². The molecule has 0 saturated carbocycles. The maximum Gasteiger partial charge on any atom is 0.194 e. The Morgan fingerprint density at radius 1 is 1.18 bits per heavy atom. The fraction of sp³-hybridized carbons (Fsp3) is 0.276. The molecule has 0 radical (unpaired) electrons. The van der Waals surface area contributed by atoms with Gasteiger partial charge in [0.05, 0.1) is 18.2 Å². The predicted octanol–water partition coefficient (Wildman–Crippen LogP) is 3.89. The highest BCUT2D eigenvalue weighted by Crippen LogP contribution is 2.57. The molecule has 3 aromatic rings. The van der Waals surface area contributed by atoms with E-state index in [-0.39, 0.29) is 39.5 Å². The van der Waals surface area contributed by atoms with Gasteiger partial charge in [-0.15, -0.1) is 0 Å². The van der Waals surface area contributed by atoms with Crippen molar-refractivity contribution in [1.82, 2.24) is 10.3 Å². The molecule has 1 aromatic heterocycles. The minimum Gasteiger partial charge on any atom is -0.507 e. The Hall–Kier alpha value is -4.53. The number of methoxy groups -OCH3 is 1. The highest BCUT2D eigenvalue weighted by molar-refractivity contribution is 6.31. The summed E-state index contributed by atoms with van der Waals surface area (Å²) >= 11 is 0. The summed E-state index contributed by atoms with van der Waals surface area (Å²) in [4.78, 5) is 42.5. The van der Waals surface area contributed by atoms with Crippen molar-refractivity contribution in [3.05, 3.63) is 69.8 Å². The molecule has 1 aliphatic heterocycles. The smallest absolute Gasteiger partial charge is 0.194 e. The highest BCUT2D eigenvalue weighted by Gasteiger charge is 2.56. The van der Waals surface area contributed by atoms with E-state index in [1.807, 2.05) is 24.4 Å². The van der Waals surface area contributed by atoms with Crippen LogP contribution in [0.2, 0.25) is 0 Å². The van der Waals surface area contributed by atoms with Gasteiger partial charge >= 0.3 is 0 Å². The zero-order valence-corrected chi connectivity index (χ0v) is 21.7. The molecule has 0 amide bonds. The lowest BCUT2D eigenvalue weighted by Gasteiger charge is -2.29. The van der Waals surface area contributed by atoms with E-state index in [0.717, 1.165) is 22.2 Å². The number of hydrogen-bond acceptors (Lipinski definition) is 8. The number of carbonyl (C=O) groups is 3. The Bertz CT molecular complexity index is 1630. The third kappa shape index (κ3) is 3.49. The number of nitrogens with one attached hydrogen (secondary N) is 2. The summed E-state index contributed by atoms with van der Waals surface area (Å²) in [7, 11) is 1.61. The van der Waals surface area contributed by atoms with E-state index in [9.17, 15) is 24.6 Å². The number of allylic oxidation sites excluding steroid dienone is 4. The van der Waals surface area contributed by atoms with Gasteiger partial charge in [0.1, 0.15) is 39.7 Å². The molecule has 0 bridgehead atoms. The van der Waals surface area contributed by atoms with E-state index in [1.165, 1.54) is 19.9 Å². The molecule has 0 saturated heterocycles. The summed E-state index contributed by atoms with van der Waals surface area (Å²) in [6.45, 7) is 6.36. The number of carbonyl (C=O) groups excluding carboxylic acids is 3. The molecule has 5 rings (SSSR count). The topological polar surface area (TPSA) is 138 Å². The van der Waals surface area contributed by atoms with E-state index in [1.54, 1.807) is 21.0 Å². The van der Waals surface area contributed by atoms with Gasteiger partial charge in [0.2, 0.25) is 0 Å². The number of ketones is 3. The van der Waals surface area contributed by atoms with Gasteiger partial charge in [-0.2, -0.15) is 0 Å². The number of benzene rings is 2. The number of aromatic nitrogens is 1. The second-order valence-corrected chi connectivity index (χ2v) is 9.79. The predicted molar refractivity (Wildman–Crippen MR) is 140 cm³/mol. The largest absolute Gasteiger partial charge is 0.507 e. The lowest BCUT2D eigenvalue weighted by atomic mass is 9.70. The molecular weight excluding hydrogens is 488 g/mol. The summed E-state index contributed by atoms with van der Waals surface area (Å²) in [6.07, 6.45) is 3.75. The summed E-state index contributed by atoms with van der Waals surface area (Å²) < 4.78 is 11.1. The molecule has 0 spiro atoms. The van der Waals surface area contributed by atoms with Crippen LogP contribution >= 0.6 is 0 Å². The van der Waals surface area contributed by atoms with Gasteiger partial charge in [0.15, 0.2) is 17.3 Å². The molecular formula is C29H28N2O7. The second kappa shape index (κ2) is 8.79. The number of ether oxygens (including phenoxy) is 2. The van der Waals surface area contributed by atoms with Crippen LogP contribution in [-0.2, 0) is 21.4 Å². The van der Waals surface area contributed by atoms with Crippen molar-refractivity contribution >= 4 is 28.3 Å². The molecule has 0 unspecified atom stereocenters. The number of fused-ring (bicyclic) bond motifs is 4. The first kappa shape index (κ1) is 25.1. The molecule has 2 aromatic carbocycles. The van der Waals surface area contributed by atoms with Crippen molar-refractivity contribution in [2.45, 2.75) is 39.5 Å². The molecule has 38 heavy (non-hydrogen) atoms. The number of H-pyrrole nitrogens is 1. The standard InChI is InChI=1S/C29H28N2O7/c1-13-25(34)23(15(3)32)27-24(26(13)35)29(4)21(38-27)11-20(33)22(28(29)36)14(2)30-9-8-16-12-31-19-7-6-17(37-5)10-18(16)19/h6-7,10-12,30-31,34-35H,8-9H2,1-5H3/t29-/m0/s1. The van der Waals surface area contributed by atoms with Gasteiger partial charge in [-0.05, 0) is 57.9 Å². The van der Waals surface area contributed by atoms with Gasteiger partial charge in [-0.25, -0.2) is 0 Å². The number of hydrogen-bond donors (Lipinski definition) is 4. The van der Waals surface area contributed by atoms with Crippen LogP contribution in [0.1, 0.15) is 47.8 Å². The summed E-state index contributed by atoms with van der Waals surface area (Å²) in [5.41, 5.74) is 0.816. The maximum atomic E-state index is 13.9. The first-order chi connectivity index (χ1) is 18.0. The maximum absolute atomic E-state index is 13.9. The van der Waals surface area contributed by atoms with E-state index < -0.39 is 28.5 Å². The minimum atomic E-state index is -1.54. The normalized spacial score (nSPS) is 19.6. The quantitative estimate of drug-likeness (QED) is 0.220. The number of Topliss-reactive ketones (excluding diaryl/α,β-unsaturated/α-hetero) is 2. The fourth-order valence-electron chi connectivity index (χ4n) is 5.33. The SMILES string of the molecule is COc1ccc2[nH]cc(CCNC(C)=C3C(=O)C=C4Oc5c(C(C)=O)c(O)c(C)c(O)c5[C@@]4(C)C3=O)c2c1. The van der Waals surface area contributed by atoms with Crippen LogP contribution in [0.4, 0.5) is 0 Å². The second-order valence-electron chi connectivity index (χ2n) is 9.79. The first-order valence-corrected chi connectivity index (χ1v) is 12.2. The van der Waals surface area contributed by atoms with Crippen LogP contribution in [-0.4, -0.2) is 46.2 Å². The van der Waals surface area contributed by atoms with Crippen molar-refractivity contribution in [2.75, 3.05) is 13.7 Å². The summed E-state index contributed by atoms with van der Waals surface area (Å²) in [6, 6.07) is 5.77. The lowest BCUT2D eigenvalue weighted by Crippen LogP contribution is -2.41. The number of aromatic amines is 1. The number of phenols is 2. The van der Waals surface area contributed by atoms with Crippen molar-refractivity contribution < 1.29 is 34.1 Å². The van der Waals surface area contributed by atoms with Crippen LogP contribution in [0.25, 0.3) is 10.9 Å². The Kier molecular flexibility index (Phi) is 5.82. The Labute approximate surface area is 218 Å². The zero-order valence-electron chi connectivity index (χ0n) is 21.7. The average Bonchev–Trinajstić information content (AvgIpc) is 3.41. The van der Waals surface area contributed by atoms with E-state index in [4.69, 9.17) is 9.47 Å². The number of aromatic hydroxyl groups is 2. The third-order valence-electron chi connectivity index (χ3n) is 7.52. The molecule has 1 atom stereocenters. The molecule has 1 aliphatic carbocycles. The zero-order chi connectivity index (χ0) is 27.5. The van der Waals surface area contributed by atoms with E-state index >= 15 is 0 Å². The third-order valence-corrected chi connectivity index (χ3v) is 7.52. The van der Waals surface area contributed by atoms with Crippen molar-refractivity contribution in [1.29, 1.82) is 0 Å². The van der Waals surface area contributed by atoms with Crippen LogP contribution in [0.15, 0.2) is 47.5 Å². The Morgan fingerprint density at radius 2 is 1.92 bits per heavy atom. The Balaban J connectivity index is 1.48. The van der Waals surface area contributed by atoms with Gasteiger partial charge < -0.3 is 30.0 Å². The molecule has 0 fully saturated rings. The molecule has 2 aliphatic rings. The fourth-order valence-corrected chi connectivity index (χ4v) is 5.33. The van der Waals surface area contributed by atoms with Crippen LogP contribution in [0.3, 0.4) is 0 Å². The summed E-state index contributed by atoms with van der Waals surface area (Å²) in [5.74, 6) is -1.71. The molecule has 2 heterocycles. The molecule has 9 heteroatoms. The van der Waals surface area contributed by atoms with Crippen molar-refractivity contribution in [3.63, 3.8) is 0 Å².